The molecule has 0 unspecified atom stereocenters. The fraction of sp³-hybridized carbons (Fsp3) is 1.00. The van der Waals surface area contributed by atoms with Gasteiger partial charge in [0.15, 0.2) is 0 Å². The third-order valence-corrected chi connectivity index (χ3v) is 1.96. The fourth-order valence-corrected chi connectivity index (χ4v) is 1.07. The van der Waals surface area contributed by atoms with Crippen LogP contribution in [0.25, 0.3) is 0 Å². The molecule has 1 rings (SSSR count). The van der Waals surface area contributed by atoms with Crippen molar-refractivity contribution in [1.29, 1.82) is 0 Å². The summed E-state index contributed by atoms with van der Waals surface area (Å²) in [6, 6.07) is -0.400. The maximum atomic E-state index is 12.4. The van der Waals surface area contributed by atoms with E-state index in [2.05, 4.69) is 5.32 Å². The first-order valence-electron chi connectivity index (χ1n) is 4.08. The smallest absolute Gasteiger partial charge is 0.380 e. The Balaban J connectivity index is 2.35. The van der Waals surface area contributed by atoms with Crippen molar-refractivity contribution in [3.05, 3.63) is 0 Å². The molecule has 0 amide bonds. The summed E-state index contributed by atoms with van der Waals surface area (Å²) in [4.78, 5) is 0. The van der Waals surface area contributed by atoms with Gasteiger partial charge in [-0.05, 0) is 6.42 Å². The second-order valence-corrected chi connectivity index (χ2v) is 3.14. The Morgan fingerprint density at radius 3 is 2.29 bits per heavy atom. The molecule has 1 atom stereocenters. The van der Waals surface area contributed by atoms with Crippen molar-refractivity contribution in [1.82, 2.24) is 5.32 Å². The largest absolute Gasteiger partial charge is 0.454 e. The lowest BCUT2D eigenvalue weighted by atomic mass is 10.2. The lowest BCUT2D eigenvalue weighted by Crippen LogP contribution is -2.48. The van der Waals surface area contributed by atoms with Gasteiger partial charge in [-0.3, -0.25) is 0 Å². The van der Waals surface area contributed by atoms with Gasteiger partial charge in [0.2, 0.25) is 0 Å². The van der Waals surface area contributed by atoms with Crippen LogP contribution in [0.3, 0.4) is 0 Å². The molecular weight excluding hydrogens is 209 g/mol. The van der Waals surface area contributed by atoms with Gasteiger partial charge in [0.05, 0.1) is 13.2 Å². The van der Waals surface area contributed by atoms with Gasteiger partial charge < -0.3 is 10.1 Å². The van der Waals surface area contributed by atoms with Crippen LogP contribution in [0.5, 0.6) is 0 Å². The molecule has 0 aromatic carbocycles. The first-order valence-corrected chi connectivity index (χ1v) is 4.08. The van der Waals surface area contributed by atoms with E-state index in [9.17, 15) is 22.0 Å². The van der Waals surface area contributed by atoms with Gasteiger partial charge in [0, 0.05) is 12.6 Å². The van der Waals surface area contributed by atoms with E-state index in [0.29, 0.717) is 13.0 Å². The molecule has 1 fully saturated rings. The molecule has 1 aliphatic rings. The van der Waals surface area contributed by atoms with Crippen molar-refractivity contribution in [2.45, 2.75) is 24.6 Å². The van der Waals surface area contributed by atoms with Crippen LogP contribution in [-0.2, 0) is 4.74 Å². The molecule has 1 aliphatic heterocycles. The maximum absolute atomic E-state index is 12.4. The highest BCUT2D eigenvalue weighted by Gasteiger charge is 2.57. The lowest BCUT2D eigenvalue weighted by molar-refractivity contribution is -0.279. The van der Waals surface area contributed by atoms with E-state index in [4.69, 9.17) is 4.74 Å². The average Bonchev–Trinajstić information content (AvgIpc) is 2.50. The van der Waals surface area contributed by atoms with Gasteiger partial charge >= 0.3 is 12.1 Å². The van der Waals surface area contributed by atoms with Crippen molar-refractivity contribution in [2.24, 2.45) is 0 Å². The highest BCUT2D eigenvalue weighted by molar-refractivity contribution is 4.81. The van der Waals surface area contributed by atoms with E-state index in [1.54, 1.807) is 0 Å². The average molecular weight is 219 g/mol. The summed E-state index contributed by atoms with van der Waals surface area (Å²) in [5.41, 5.74) is 0. The van der Waals surface area contributed by atoms with Crippen LogP contribution < -0.4 is 5.32 Å². The van der Waals surface area contributed by atoms with Crippen molar-refractivity contribution >= 4 is 0 Å². The van der Waals surface area contributed by atoms with Gasteiger partial charge in [0.25, 0.3) is 0 Å². The summed E-state index contributed by atoms with van der Waals surface area (Å²) in [6.45, 7) is -0.798. The van der Waals surface area contributed by atoms with Crippen LogP contribution in [0.1, 0.15) is 6.42 Å². The predicted molar refractivity (Wildman–Crippen MR) is 38.2 cm³/mol. The molecule has 0 aromatic rings. The minimum Gasteiger partial charge on any atom is -0.380 e. The van der Waals surface area contributed by atoms with E-state index in [-0.39, 0.29) is 6.61 Å². The maximum Gasteiger partial charge on any atom is 0.454 e. The number of rotatable bonds is 3. The number of halogens is 5. The minimum atomic E-state index is -5.49. The van der Waals surface area contributed by atoms with Crippen molar-refractivity contribution in [3.8, 4) is 0 Å². The standard InChI is InChI=1S/C7H10F5NO/c8-6(9,7(10,11)12)4-13-5-1-2-14-3-5/h5,13H,1-4H2/t5-/m0/s1. The number of nitrogens with one attached hydrogen (secondary N) is 1. The molecule has 0 radical (unpaired) electrons. The zero-order chi connectivity index (χ0) is 10.8. The molecule has 1 N–H and O–H groups in total. The van der Waals surface area contributed by atoms with Gasteiger partial charge in [0.1, 0.15) is 0 Å². The summed E-state index contributed by atoms with van der Waals surface area (Å²) in [7, 11) is 0. The lowest BCUT2D eigenvalue weighted by Gasteiger charge is -2.21. The molecule has 0 saturated carbocycles. The van der Waals surface area contributed by atoms with Crippen molar-refractivity contribution < 1.29 is 26.7 Å². The Morgan fingerprint density at radius 1 is 1.21 bits per heavy atom. The molecule has 7 heteroatoms. The normalized spacial score (nSPS) is 24.2. The summed E-state index contributed by atoms with van der Waals surface area (Å²) >= 11 is 0. The van der Waals surface area contributed by atoms with E-state index in [1.807, 2.05) is 0 Å². The van der Waals surface area contributed by atoms with Crippen molar-refractivity contribution in [3.63, 3.8) is 0 Å². The fourth-order valence-electron chi connectivity index (χ4n) is 1.07. The van der Waals surface area contributed by atoms with Crippen molar-refractivity contribution in [2.75, 3.05) is 19.8 Å². The Bertz CT molecular complexity index is 187. The third-order valence-electron chi connectivity index (χ3n) is 1.96. The van der Waals surface area contributed by atoms with E-state index >= 15 is 0 Å². The van der Waals surface area contributed by atoms with Crippen LogP contribution in [-0.4, -0.2) is 37.9 Å². The molecular formula is C7H10F5NO. The van der Waals surface area contributed by atoms with Crippen LogP contribution in [0.4, 0.5) is 22.0 Å². The first kappa shape index (κ1) is 11.6. The van der Waals surface area contributed by atoms with Gasteiger partial charge in [-0.15, -0.1) is 0 Å². The number of hydrogen-bond acceptors (Lipinski definition) is 2. The second kappa shape index (κ2) is 3.98. The molecule has 14 heavy (non-hydrogen) atoms. The molecule has 0 aromatic heterocycles. The SMILES string of the molecule is FC(F)(F)C(F)(F)CN[C@H]1CCOC1. The Labute approximate surface area is 77.4 Å². The van der Waals surface area contributed by atoms with Crippen LogP contribution in [0.15, 0.2) is 0 Å². The highest BCUT2D eigenvalue weighted by Crippen LogP contribution is 2.34. The quantitative estimate of drug-likeness (QED) is 0.727. The molecule has 1 saturated heterocycles. The Kier molecular flexibility index (Phi) is 3.31. The van der Waals surface area contributed by atoms with E-state index in [0.717, 1.165) is 0 Å². The number of ether oxygens (including phenoxy) is 1. The van der Waals surface area contributed by atoms with Crippen LogP contribution >= 0.6 is 0 Å². The summed E-state index contributed by atoms with van der Waals surface area (Å²) in [6.07, 6.45) is -5.02. The van der Waals surface area contributed by atoms with Gasteiger partial charge in [-0.25, -0.2) is 0 Å². The predicted octanol–water partition coefficient (Wildman–Crippen LogP) is 1.56. The molecule has 84 valence electrons. The Hall–Kier alpha value is -0.430. The summed E-state index contributed by atoms with van der Waals surface area (Å²) in [5, 5.41) is 2.13. The third kappa shape index (κ3) is 2.78. The molecule has 1 heterocycles. The molecule has 2 nitrogen and oxygen atoms in total. The second-order valence-electron chi connectivity index (χ2n) is 3.14. The van der Waals surface area contributed by atoms with E-state index < -0.39 is 24.7 Å². The van der Waals surface area contributed by atoms with Crippen LogP contribution in [0, 0.1) is 0 Å². The first-order chi connectivity index (χ1) is 6.33. The minimum absolute atomic E-state index is 0.188. The summed E-state index contributed by atoms with van der Waals surface area (Å²) < 4.78 is 64.6. The number of alkyl halides is 5. The zero-order valence-electron chi connectivity index (χ0n) is 7.20. The molecule has 0 bridgehead atoms. The van der Waals surface area contributed by atoms with E-state index in [1.165, 1.54) is 0 Å². The molecule has 0 aliphatic carbocycles. The van der Waals surface area contributed by atoms with Gasteiger partial charge in [-0.1, -0.05) is 0 Å². The highest BCUT2D eigenvalue weighted by atomic mass is 19.4. The molecule has 0 spiro atoms. The monoisotopic (exact) mass is 219 g/mol. The van der Waals surface area contributed by atoms with Crippen LogP contribution in [0.2, 0.25) is 0 Å². The summed E-state index contributed by atoms with van der Waals surface area (Å²) in [5.74, 6) is -4.67. The topological polar surface area (TPSA) is 21.3 Å². The Morgan fingerprint density at radius 2 is 1.86 bits per heavy atom. The van der Waals surface area contributed by atoms with Gasteiger partial charge in [-0.2, -0.15) is 22.0 Å². The number of hydrogen-bond donors (Lipinski definition) is 1. The zero-order valence-corrected chi connectivity index (χ0v) is 7.20.